The minimum Gasteiger partial charge on any atom is -0.308 e. The van der Waals surface area contributed by atoms with E-state index in [1.54, 1.807) is 6.20 Å². The summed E-state index contributed by atoms with van der Waals surface area (Å²) >= 11 is 0. The summed E-state index contributed by atoms with van der Waals surface area (Å²) < 4.78 is 0. The molecule has 0 amide bonds. The minimum absolute atomic E-state index is 0.785. The topological polar surface area (TPSA) is 54.2 Å². The average molecular weight is 260 g/mol. The van der Waals surface area contributed by atoms with E-state index in [1.165, 1.54) is 50.6 Å². The van der Waals surface area contributed by atoms with Gasteiger partial charge in [0.25, 0.3) is 0 Å². The Bertz CT molecular complexity index is 418. The number of nitrogen functional groups attached to an aromatic ring is 1. The zero-order valence-electron chi connectivity index (χ0n) is 11.5. The summed E-state index contributed by atoms with van der Waals surface area (Å²) in [5.41, 5.74) is 3.94. The van der Waals surface area contributed by atoms with Crippen LogP contribution in [0.5, 0.6) is 0 Å². The Balaban J connectivity index is 1.74. The predicted octanol–water partition coefficient (Wildman–Crippen LogP) is 2.52. The van der Waals surface area contributed by atoms with Crippen molar-refractivity contribution >= 4 is 5.82 Å². The number of hydrogen-bond acceptors (Lipinski definition) is 4. The second kappa shape index (κ2) is 5.88. The molecular weight excluding hydrogens is 236 g/mol. The van der Waals surface area contributed by atoms with Gasteiger partial charge < -0.3 is 5.43 Å². The third-order valence-electron chi connectivity index (χ3n) is 4.76. The molecule has 2 aliphatic rings. The number of nitrogens with two attached hydrogens (primary N) is 1. The number of nitrogens with zero attached hydrogens (tertiary/aromatic N) is 2. The van der Waals surface area contributed by atoms with E-state index >= 15 is 0 Å². The van der Waals surface area contributed by atoms with Crippen LogP contribution in [0.1, 0.15) is 44.1 Å². The lowest BCUT2D eigenvalue weighted by Gasteiger charge is -2.44. The van der Waals surface area contributed by atoms with Gasteiger partial charge in [-0.1, -0.05) is 18.9 Å². The van der Waals surface area contributed by atoms with Gasteiger partial charge in [-0.2, -0.15) is 0 Å². The molecule has 3 rings (SSSR count). The Hall–Kier alpha value is -1.13. The van der Waals surface area contributed by atoms with Crippen LogP contribution in [0.2, 0.25) is 0 Å². The summed E-state index contributed by atoms with van der Waals surface area (Å²) in [6.45, 7) is 2.20. The van der Waals surface area contributed by atoms with Crippen molar-refractivity contribution in [1.82, 2.24) is 9.88 Å². The maximum atomic E-state index is 5.56. The van der Waals surface area contributed by atoms with E-state index < -0.39 is 0 Å². The molecule has 2 atom stereocenters. The van der Waals surface area contributed by atoms with Gasteiger partial charge >= 0.3 is 0 Å². The molecule has 0 aromatic carbocycles. The van der Waals surface area contributed by atoms with E-state index in [9.17, 15) is 0 Å². The Kier molecular flexibility index (Phi) is 3.99. The van der Waals surface area contributed by atoms with Crippen molar-refractivity contribution in [1.29, 1.82) is 0 Å². The minimum atomic E-state index is 0.785. The highest BCUT2D eigenvalue weighted by atomic mass is 15.3. The highest BCUT2D eigenvalue weighted by Gasteiger charge is 2.33. The summed E-state index contributed by atoms with van der Waals surface area (Å²) in [6, 6.07) is 4.92. The average Bonchev–Trinajstić information content (AvgIpc) is 2.48. The number of hydrogen-bond donors (Lipinski definition) is 2. The van der Waals surface area contributed by atoms with Crippen LogP contribution in [0.3, 0.4) is 0 Å². The van der Waals surface area contributed by atoms with Crippen LogP contribution in [-0.2, 0) is 6.54 Å². The lowest BCUT2D eigenvalue weighted by Crippen LogP contribution is -2.46. The first-order chi connectivity index (χ1) is 9.38. The molecule has 1 saturated heterocycles. The van der Waals surface area contributed by atoms with E-state index in [1.807, 2.05) is 6.07 Å². The van der Waals surface area contributed by atoms with Crippen LogP contribution in [0.4, 0.5) is 5.82 Å². The lowest BCUT2D eigenvalue weighted by atomic mass is 9.78. The zero-order chi connectivity index (χ0) is 13.1. The van der Waals surface area contributed by atoms with Gasteiger partial charge in [0.05, 0.1) is 0 Å². The van der Waals surface area contributed by atoms with E-state index in [4.69, 9.17) is 5.84 Å². The summed E-state index contributed by atoms with van der Waals surface area (Å²) in [5.74, 6) is 7.30. The summed E-state index contributed by atoms with van der Waals surface area (Å²) in [5, 5.41) is 0. The third-order valence-corrected chi connectivity index (χ3v) is 4.76. The Morgan fingerprint density at radius 2 is 2.11 bits per heavy atom. The van der Waals surface area contributed by atoms with Gasteiger partial charge in [0.1, 0.15) is 5.82 Å². The number of fused-ring (bicyclic) bond motifs is 1. The monoisotopic (exact) mass is 260 g/mol. The molecule has 4 heteroatoms. The standard InChI is InChI=1S/C15H24N4/c16-18-15-13(6-3-9-17-15)11-19-10-4-7-12-5-1-2-8-14(12)19/h3,6,9,12,14H,1-2,4-5,7-8,10-11,16H2,(H,17,18). The Labute approximate surface area is 115 Å². The molecule has 19 heavy (non-hydrogen) atoms. The molecule has 0 bridgehead atoms. The molecule has 4 nitrogen and oxygen atoms in total. The number of likely N-dealkylation sites (tertiary alicyclic amines) is 1. The van der Waals surface area contributed by atoms with E-state index in [0.717, 1.165) is 24.3 Å². The molecule has 1 aliphatic heterocycles. The first-order valence-corrected chi connectivity index (χ1v) is 7.53. The Morgan fingerprint density at radius 3 is 3.00 bits per heavy atom. The van der Waals surface area contributed by atoms with Crippen molar-refractivity contribution in [3.63, 3.8) is 0 Å². The van der Waals surface area contributed by atoms with Crippen molar-refractivity contribution in [3.05, 3.63) is 23.9 Å². The molecule has 2 fully saturated rings. The summed E-state index contributed by atoms with van der Waals surface area (Å²) in [4.78, 5) is 6.96. The van der Waals surface area contributed by atoms with Crippen LogP contribution in [0.15, 0.2) is 18.3 Å². The van der Waals surface area contributed by atoms with Gasteiger partial charge in [0.15, 0.2) is 0 Å². The van der Waals surface area contributed by atoms with Crippen molar-refractivity contribution in [3.8, 4) is 0 Å². The molecule has 104 valence electrons. The molecule has 3 N–H and O–H groups in total. The van der Waals surface area contributed by atoms with E-state index in [0.29, 0.717) is 0 Å². The van der Waals surface area contributed by atoms with Crippen molar-refractivity contribution in [2.75, 3.05) is 12.0 Å². The fourth-order valence-electron chi connectivity index (χ4n) is 3.84. The van der Waals surface area contributed by atoms with Crippen LogP contribution < -0.4 is 11.3 Å². The van der Waals surface area contributed by atoms with E-state index in [-0.39, 0.29) is 0 Å². The number of anilines is 1. The molecule has 1 aromatic heterocycles. The molecule has 1 saturated carbocycles. The van der Waals surface area contributed by atoms with E-state index in [2.05, 4.69) is 21.4 Å². The van der Waals surface area contributed by atoms with Crippen molar-refractivity contribution in [2.24, 2.45) is 11.8 Å². The first-order valence-electron chi connectivity index (χ1n) is 7.53. The molecule has 1 aromatic rings. The van der Waals surface area contributed by atoms with Crippen LogP contribution in [-0.4, -0.2) is 22.5 Å². The van der Waals surface area contributed by atoms with Gasteiger partial charge in [0.2, 0.25) is 0 Å². The Morgan fingerprint density at radius 1 is 1.26 bits per heavy atom. The first kappa shape index (κ1) is 12.9. The number of pyridine rings is 1. The molecule has 0 spiro atoms. The fourth-order valence-corrected chi connectivity index (χ4v) is 3.84. The van der Waals surface area contributed by atoms with Crippen LogP contribution in [0, 0.1) is 5.92 Å². The summed E-state index contributed by atoms with van der Waals surface area (Å²) in [6.07, 6.45) is 10.2. The third kappa shape index (κ3) is 2.74. The lowest BCUT2D eigenvalue weighted by molar-refractivity contribution is 0.0548. The normalized spacial score (nSPS) is 27.8. The van der Waals surface area contributed by atoms with Gasteiger partial charge in [-0.3, -0.25) is 4.90 Å². The predicted molar refractivity (Wildman–Crippen MR) is 77.4 cm³/mol. The zero-order valence-corrected chi connectivity index (χ0v) is 11.5. The largest absolute Gasteiger partial charge is 0.308 e. The molecule has 2 heterocycles. The SMILES string of the molecule is NNc1ncccc1CN1CCCC2CCCCC21. The van der Waals surface area contributed by atoms with Gasteiger partial charge in [-0.25, -0.2) is 10.8 Å². The highest BCUT2D eigenvalue weighted by Crippen LogP contribution is 2.36. The second-order valence-corrected chi connectivity index (χ2v) is 5.88. The van der Waals surface area contributed by atoms with Crippen LogP contribution in [0.25, 0.3) is 0 Å². The fraction of sp³-hybridized carbons (Fsp3) is 0.667. The van der Waals surface area contributed by atoms with Crippen LogP contribution >= 0.6 is 0 Å². The molecule has 0 radical (unpaired) electrons. The summed E-state index contributed by atoms with van der Waals surface area (Å²) in [7, 11) is 0. The highest BCUT2D eigenvalue weighted by molar-refractivity contribution is 5.42. The van der Waals surface area contributed by atoms with Gasteiger partial charge in [-0.05, 0) is 44.2 Å². The molecule has 2 unspecified atom stereocenters. The number of rotatable bonds is 3. The second-order valence-electron chi connectivity index (χ2n) is 5.88. The number of aromatic nitrogens is 1. The number of hydrazine groups is 1. The maximum Gasteiger partial charge on any atom is 0.144 e. The van der Waals surface area contributed by atoms with Gasteiger partial charge in [0, 0.05) is 24.3 Å². The number of piperidine rings is 1. The van der Waals surface area contributed by atoms with Gasteiger partial charge in [-0.15, -0.1) is 0 Å². The van der Waals surface area contributed by atoms with Crippen molar-refractivity contribution < 1.29 is 0 Å². The smallest absolute Gasteiger partial charge is 0.144 e. The molecule has 1 aliphatic carbocycles. The quantitative estimate of drug-likeness (QED) is 0.648. The number of nitrogens with one attached hydrogen (secondary N) is 1. The molecular formula is C15H24N4. The maximum absolute atomic E-state index is 5.56. The van der Waals surface area contributed by atoms with Crippen molar-refractivity contribution in [2.45, 2.75) is 51.1 Å².